The Balaban J connectivity index is 2.41. The highest BCUT2D eigenvalue weighted by Crippen LogP contribution is 2.28. The molecule has 1 atom stereocenters. The van der Waals surface area contributed by atoms with E-state index in [0.29, 0.717) is 5.69 Å². The number of nitrogens with one attached hydrogen (secondary N) is 1. The van der Waals surface area contributed by atoms with Crippen molar-refractivity contribution in [2.24, 2.45) is 5.73 Å². The van der Waals surface area contributed by atoms with Crippen molar-refractivity contribution in [2.45, 2.75) is 29.9 Å². The van der Waals surface area contributed by atoms with Crippen molar-refractivity contribution in [3.05, 3.63) is 47.8 Å². The quantitative estimate of drug-likeness (QED) is 0.882. The summed E-state index contributed by atoms with van der Waals surface area (Å²) in [6.45, 7) is 4.02. The number of hydrogen-bond donors (Lipinski definition) is 2. The van der Waals surface area contributed by atoms with Crippen molar-refractivity contribution >= 4 is 9.84 Å². The first-order valence-electron chi connectivity index (χ1n) is 6.51. The molecular formula is C14H19N3O2S. The third-order valence-electron chi connectivity index (χ3n) is 3.22. The molecule has 3 N–H and O–H groups in total. The van der Waals surface area contributed by atoms with Gasteiger partial charge in [0, 0.05) is 6.54 Å². The van der Waals surface area contributed by atoms with Gasteiger partial charge in [-0.3, -0.25) is 5.10 Å². The van der Waals surface area contributed by atoms with Gasteiger partial charge in [-0.25, -0.2) is 8.42 Å². The number of nitrogens with zero attached hydrogens (tertiary/aromatic N) is 1. The zero-order chi connectivity index (χ0) is 14.8. The van der Waals surface area contributed by atoms with Crippen LogP contribution in [0.25, 0.3) is 0 Å². The largest absolute Gasteiger partial charge is 0.329 e. The summed E-state index contributed by atoms with van der Waals surface area (Å²) < 4.78 is 25.2. The zero-order valence-electron chi connectivity index (χ0n) is 11.6. The van der Waals surface area contributed by atoms with Crippen molar-refractivity contribution in [3.63, 3.8) is 0 Å². The number of benzene rings is 1. The Morgan fingerprint density at radius 2 is 1.90 bits per heavy atom. The van der Waals surface area contributed by atoms with E-state index in [9.17, 15) is 8.42 Å². The van der Waals surface area contributed by atoms with E-state index >= 15 is 0 Å². The fraction of sp³-hybridized carbons (Fsp3) is 0.357. The maximum atomic E-state index is 12.6. The predicted molar refractivity (Wildman–Crippen MR) is 78.1 cm³/mol. The topological polar surface area (TPSA) is 88.8 Å². The minimum atomic E-state index is -3.51. The van der Waals surface area contributed by atoms with Crippen LogP contribution in [0.5, 0.6) is 0 Å². The van der Waals surface area contributed by atoms with Gasteiger partial charge in [0.2, 0.25) is 0 Å². The third kappa shape index (κ3) is 2.76. The molecule has 0 saturated carbocycles. The van der Waals surface area contributed by atoms with E-state index < -0.39 is 15.1 Å². The number of aromatic nitrogens is 2. The lowest BCUT2D eigenvalue weighted by atomic mass is 10.1. The Kier molecular flexibility index (Phi) is 4.25. The third-order valence-corrected chi connectivity index (χ3v) is 5.34. The standard InChI is InChI=1S/C14H19N3O2S/c1-10(2)12-8-13(17-16-12)14(9-15)20(18,19)11-6-4-3-5-7-11/h3-8,10,14H,9,15H2,1-2H3,(H,16,17). The van der Waals surface area contributed by atoms with E-state index in [1.54, 1.807) is 36.4 Å². The van der Waals surface area contributed by atoms with Crippen LogP contribution in [0.1, 0.15) is 36.4 Å². The average Bonchev–Trinajstić information content (AvgIpc) is 2.90. The molecule has 0 aliphatic rings. The minimum Gasteiger partial charge on any atom is -0.329 e. The molecule has 0 amide bonds. The summed E-state index contributed by atoms with van der Waals surface area (Å²) in [7, 11) is -3.51. The Bertz CT molecular complexity index is 663. The SMILES string of the molecule is CC(C)c1cc(C(CN)S(=O)(=O)c2ccccc2)[nH]n1. The molecule has 1 aromatic heterocycles. The van der Waals surface area contributed by atoms with Crippen LogP contribution in [0.15, 0.2) is 41.3 Å². The van der Waals surface area contributed by atoms with Crippen LogP contribution in [0.3, 0.4) is 0 Å². The van der Waals surface area contributed by atoms with Crippen LogP contribution < -0.4 is 5.73 Å². The van der Waals surface area contributed by atoms with E-state index in [2.05, 4.69) is 10.2 Å². The molecule has 2 rings (SSSR count). The molecule has 2 aromatic rings. The van der Waals surface area contributed by atoms with E-state index in [-0.39, 0.29) is 17.4 Å². The van der Waals surface area contributed by atoms with Gasteiger partial charge in [-0.15, -0.1) is 0 Å². The van der Waals surface area contributed by atoms with E-state index in [4.69, 9.17) is 5.73 Å². The van der Waals surface area contributed by atoms with Gasteiger partial charge in [0.1, 0.15) is 5.25 Å². The lowest BCUT2D eigenvalue weighted by Crippen LogP contribution is -2.22. The second-order valence-electron chi connectivity index (χ2n) is 4.99. The highest BCUT2D eigenvalue weighted by molar-refractivity contribution is 7.91. The fourth-order valence-corrected chi connectivity index (χ4v) is 3.58. The Hall–Kier alpha value is -1.66. The first-order chi connectivity index (χ1) is 9.46. The van der Waals surface area contributed by atoms with Crippen molar-refractivity contribution in [1.82, 2.24) is 10.2 Å². The van der Waals surface area contributed by atoms with E-state index in [1.165, 1.54) is 0 Å². The molecule has 20 heavy (non-hydrogen) atoms. The first-order valence-corrected chi connectivity index (χ1v) is 8.05. The number of H-pyrrole nitrogens is 1. The predicted octanol–water partition coefficient (Wildman–Crippen LogP) is 2.01. The second-order valence-corrected chi connectivity index (χ2v) is 7.12. The van der Waals surface area contributed by atoms with Crippen LogP contribution in [0.2, 0.25) is 0 Å². The first kappa shape index (κ1) is 14.7. The Morgan fingerprint density at radius 3 is 2.40 bits per heavy atom. The summed E-state index contributed by atoms with van der Waals surface area (Å²) in [6, 6.07) is 10.1. The maximum Gasteiger partial charge on any atom is 0.188 e. The average molecular weight is 293 g/mol. The highest BCUT2D eigenvalue weighted by atomic mass is 32.2. The van der Waals surface area contributed by atoms with Gasteiger partial charge in [0.05, 0.1) is 16.3 Å². The zero-order valence-corrected chi connectivity index (χ0v) is 12.4. The lowest BCUT2D eigenvalue weighted by Gasteiger charge is -2.14. The molecule has 0 spiro atoms. The molecule has 0 saturated heterocycles. The Labute approximate surface area is 119 Å². The summed E-state index contributed by atoms with van der Waals surface area (Å²) >= 11 is 0. The molecule has 0 aliphatic carbocycles. The minimum absolute atomic E-state index is 0.0109. The van der Waals surface area contributed by atoms with E-state index in [1.807, 2.05) is 13.8 Å². The van der Waals surface area contributed by atoms with Crippen LogP contribution in [0, 0.1) is 0 Å². The lowest BCUT2D eigenvalue weighted by molar-refractivity contribution is 0.580. The monoisotopic (exact) mass is 293 g/mol. The highest BCUT2D eigenvalue weighted by Gasteiger charge is 2.29. The molecule has 0 bridgehead atoms. The summed E-state index contributed by atoms with van der Waals surface area (Å²) in [6.07, 6.45) is 0. The van der Waals surface area contributed by atoms with Crippen LogP contribution in [0.4, 0.5) is 0 Å². The van der Waals surface area contributed by atoms with Gasteiger partial charge in [-0.1, -0.05) is 32.0 Å². The molecule has 0 fully saturated rings. The number of aromatic amines is 1. The molecule has 0 aliphatic heterocycles. The van der Waals surface area contributed by atoms with Gasteiger partial charge >= 0.3 is 0 Å². The van der Waals surface area contributed by atoms with Crippen LogP contribution in [-0.4, -0.2) is 25.2 Å². The van der Waals surface area contributed by atoms with E-state index in [0.717, 1.165) is 5.69 Å². The van der Waals surface area contributed by atoms with Gasteiger partial charge in [0.25, 0.3) is 0 Å². The van der Waals surface area contributed by atoms with Crippen molar-refractivity contribution in [2.75, 3.05) is 6.54 Å². The van der Waals surface area contributed by atoms with Crippen LogP contribution in [-0.2, 0) is 9.84 Å². The van der Waals surface area contributed by atoms with Gasteiger partial charge < -0.3 is 5.73 Å². The summed E-state index contributed by atoms with van der Waals surface area (Å²) in [5.41, 5.74) is 7.06. The molecule has 108 valence electrons. The molecular weight excluding hydrogens is 274 g/mol. The van der Waals surface area contributed by atoms with Gasteiger partial charge in [0.15, 0.2) is 9.84 Å². The number of hydrogen-bond acceptors (Lipinski definition) is 4. The summed E-state index contributed by atoms with van der Waals surface area (Å²) in [5.74, 6) is 0.234. The second kappa shape index (κ2) is 5.76. The van der Waals surface area contributed by atoms with Crippen molar-refractivity contribution < 1.29 is 8.42 Å². The molecule has 1 unspecified atom stereocenters. The molecule has 5 nitrogen and oxygen atoms in total. The normalized spacial score (nSPS) is 13.6. The van der Waals surface area contributed by atoms with Gasteiger partial charge in [-0.2, -0.15) is 5.10 Å². The van der Waals surface area contributed by atoms with Crippen molar-refractivity contribution in [1.29, 1.82) is 0 Å². The number of nitrogens with two attached hydrogens (primary N) is 1. The Morgan fingerprint density at radius 1 is 1.25 bits per heavy atom. The molecule has 1 heterocycles. The molecule has 1 aromatic carbocycles. The van der Waals surface area contributed by atoms with Gasteiger partial charge in [-0.05, 0) is 24.1 Å². The molecule has 6 heteroatoms. The van der Waals surface area contributed by atoms with Crippen LogP contribution >= 0.6 is 0 Å². The smallest absolute Gasteiger partial charge is 0.188 e. The van der Waals surface area contributed by atoms with Crippen molar-refractivity contribution in [3.8, 4) is 0 Å². The fourth-order valence-electron chi connectivity index (χ4n) is 2.01. The molecule has 0 radical (unpaired) electrons. The number of sulfone groups is 1. The maximum absolute atomic E-state index is 12.6. The summed E-state index contributed by atoms with van der Waals surface area (Å²) in [5, 5.41) is 6.15. The number of rotatable bonds is 5. The summed E-state index contributed by atoms with van der Waals surface area (Å²) in [4.78, 5) is 0.274.